The largest absolute Gasteiger partial charge is 0.485 e. The number of carbonyl (C=O) groups is 1. The van der Waals surface area contributed by atoms with Crippen LogP contribution in [0.1, 0.15) is 0 Å². The Morgan fingerprint density at radius 2 is 2.44 bits per heavy atom. The van der Waals surface area contributed by atoms with Crippen LogP contribution in [-0.4, -0.2) is 55.4 Å². The Balaban J connectivity index is 1.66. The van der Waals surface area contributed by atoms with Crippen molar-refractivity contribution >= 4 is 6.03 Å². The van der Waals surface area contributed by atoms with Crippen LogP contribution in [0.25, 0.3) is 0 Å². The van der Waals surface area contributed by atoms with Crippen LogP contribution in [-0.2, 0) is 4.74 Å². The fraction of sp³-hybridized carbons (Fsp3) is 0.500. The summed E-state index contributed by atoms with van der Waals surface area (Å²) in [7, 11) is 1.60. The Hall–Kier alpha value is -1.82. The lowest BCUT2D eigenvalue weighted by Gasteiger charge is -2.38. The van der Waals surface area contributed by atoms with Crippen molar-refractivity contribution in [2.45, 2.75) is 6.10 Å². The van der Waals surface area contributed by atoms with E-state index in [0.29, 0.717) is 26.2 Å². The molecule has 0 aromatic carbocycles. The van der Waals surface area contributed by atoms with Crippen molar-refractivity contribution in [3.05, 3.63) is 24.5 Å². The van der Waals surface area contributed by atoms with Crippen molar-refractivity contribution in [3.63, 3.8) is 0 Å². The molecule has 0 spiro atoms. The summed E-state index contributed by atoms with van der Waals surface area (Å²) in [5, 5.41) is 2.76. The molecule has 1 saturated heterocycles. The lowest BCUT2D eigenvalue weighted by atomic mass is 10.2. The fourth-order valence-corrected chi connectivity index (χ4v) is 1.66. The van der Waals surface area contributed by atoms with E-state index in [1.165, 1.54) is 0 Å². The summed E-state index contributed by atoms with van der Waals surface area (Å²) >= 11 is 0. The summed E-state index contributed by atoms with van der Waals surface area (Å²) in [6.45, 7) is 2.26. The highest BCUT2D eigenvalue weighted by atomic mass is 16.5. The number of methoxy groups -OCH3 is 1. The molecule has 6 heteroatoms. The van der Waals surface area contributed by atoms with Gasteiger partial charge in [0.2, 0.25) is 0 Å². The quantitative estimate of drug-likeness (QED) is 0.774. The molecular weight excluding hydrogens is 234 g/mol. The van der Waals surface area contributed by atoms with Crippen LogP contribution in [0.15, 0.2) is 24.5 Å². The highest BCUT2D eigenvalue weighted by Gasteiger charge is 2.32. The van der Waals surface area contributed by atoms with E-state index in [0.717, 1.165) is 5.75 Å². The molecule has 1 aromatic heterocycles. The molecule has 0 bridgehead atoms. The third-order valence-electron chi connectivity index (χ3n) is 2.65. The number of rotatable bonds is 5. The van der Waals surface area contributed by atoms with Gasteiger partial charge in [0.05, 0.1) is 25.9 Å². The first kappa shape index (κ1) is 12.6. The minimum Gasteiger partial charge on any atom is -0.485 e. The number of likely N-dealkylation sites (tertiary alicyclic amines) is 1. The first-order chi connectivity index (χ1) is 8.79. The van der Waals surface area contributed by atoms with Crippen LogP contribution in [0.3, 0.4) is 0 Å². The zero-order valence-corrected chi connectivity index (χ0v) is 10.3. The SMILES string of the molecule is COCCNC(=O)N1CC(Oc2cccnc2)C1. The highest BCUT2D eigenvalue weighted by molar-refractivity contribution is 5.75. The van der Waals surface area contributed by atoms with E-state index < -0.39 is 0 Å². The fourth-order valence-electron chi connectivity index (χ4n) is 1.66. The van der Waals surface area contributed by atoms with Crippen LogP contribution >= 0.6 is 0 Å². The molecule has 1 fully saturated rings. The number of amides is 2. The van der Waals surface area contributed by atoms with Crippen LogP contribution < -0.4 is 10.1 Å². The number of ether oxygens (including phenoxy) is 2. The van der Waals surface area contributed by atoms with Crippen molar-refractivity contribution in [1.29, 1.82) is 0 Å². The van der Waals surface area contributed by atoms with Gasteiger partial charge in [-0.1, -0.05) is 0 Å². The molecule has 2 amide bonds. The van der Waals surface area contributed by atoms with Crippen LogP contribution in [0.2, 0.25) is 0 Å². The lowest BCUT2D eigenvalue weighted by Crippen LogP contribution is -2.59. The van der Waals surface area contributed by atoms with Gasteiger partial charge in [0, 0.05) is 19.9 Å². The average molecular weight is 251 g/mol. The molecule has 0 aliphatic carbocycles. The highest BCUT2D eigenvalue weighted by Crippen LogP contribution is 2.16. The first-order valence-electron chi connectivity index (χ1n) is 5.88. The van der Waals surface area contributed by atoms with Gasteiger partial charge >= 0.3 is 6.03 Å². The minimum atomic E-state index is -0.0712. The molecule has 0 radical (unpaired) electrons. The number of hydrogen-bond acceptors (Lipinski definition) is 4. The number of hydrogen-bond donors (Lipinski definition) is 1. The molecular formula is C12H17N3O3. The lowest BCUT2D eigenvalue weighted by molar-refractivity contribution is 0.0436. The topological polar surface area (TPSA) is 63.7 Å². The minimum absolute atomic E-state index is 0.0578. The number of nitrogens with zero attached hydrogens (tertiary/aromatic N) is 2. The monoisotopic (exact) mass is 251 g/mol. The second-order valence-corrected chi connectivity index (χ2v) is 4.06. The molecule has 0 saturated carbocycles. The number of pyridine rings is 1. The van der Waals surface area contributed by atoms with Gasteiger partial charge in [-0.3, -0.25) is 4.98 Å². The van der Waals surface area contributed by atoms with E-state index in [1.54, 1.807) is 24.4 Å². The van der Waals surface area contributed by atoms with Gasteiger partial charge in [0.15, 0.2) is 0 Å². The standard InChI is InChI=1S/C12H17N3O3/c1-17-6-5-14-12(16)15-8-11(9-15)18-10-3-2-4-13-7-10/h2-4,7,11H,5-6,8-9H2,1H3,(H,14,16). The van der Waals surface area contributed by atoms with Crippen LogP contribution in [0.5, 0.6) is 5.75 Å². The molecule has 6 nitrogen and oxygen atoms in total. The molecule has 18 heavy (non-hydrogen) atoms. The van der Waals surface area contributed by atoms with Gasteiger partial charge in [-0.2, -0.15) is 0 Å². The van der Waals surface area contributed by atoms with Gasteiger partial charge in [-0.25, -0.2) is 4.79 Å². The molecule has 2 rings (SSSR count). The molecule has 2 heterocycles. The predicted octanol–water partition coefficient (Wildman–Crippen LogP) is 0.501. The van der Waals surface area contributed by atoms with Crippen molar-refractivity contribution in [2.24, 2.45) is 0 Å². The van der Waals surface area contributed by atoms with Crippen LogP contribution in [0.4, 0.5) is 4.79 Å². The van der Waals surface area contributed by atoms with Gasteiger partial charge in [-0.05, 0) is 12.1 Å². The summed E-state index contributed by atoms with van der Waals surface area (Å²) in [4.78, 5) is 17.3. The first-order valence-corrected chi connectivity index (χ1v) is 5.88. The van der Waals surface area contributed by atoms with Gasteiger partial charge < -0.3 is 19.7 Å². The van der Waals surface area contributed by atoms with E-state index in [-0.39, 0.29) is 12.1 Å². The average Bonchev–Trinajstić information content (AvgIpc) is 2.34. The zero-order chi connectivity index (χ0) is 12.8. The molecule has 98 valence electrons. The van der Waals surface area contributed by atoms with Gasteiger partial charge in [0.1, 0.15) is 11.9 Å². The van der Waals surface area contributed by atoms with E-state index in [1.807, 2.05) is 12.1 Å². The maximum Gasteiger partial charge on any atom is 0.317 e. The van der Waals surface area contributed by atoms with E-state index in [2.05, 4.69) is 10.3 Å². The molecule has 0 unspecified atom stereocenters. The van der Waals surface area contributed by atoms with Crippen LogP contribution in [0, 0.1) is 0 Å². The molecule has 1 aromatic rings. The normalized spacial score (nSPS) is 15.1. The Kier molecular flexibility index (Phi) is 4.35. The summed E-state index contributed by atoms with van der Waals surface area (Å²) in [6.07, 6.45) is 3.42. The third kappa shape index (κ3) is 3.33. The predicted molar refractivity (Wildman–Crippen MR) is 65.5 cm³/mol. The Bertz CT molecular complexity index is 379. The van der Waals surface area contributed by atoms with Crippen molar-refractivity contribution in [3.8, 4) is 5.75 Å². The Labute approximate surface area is 106 Å². The molecule has 1 aliphatic heterocycles. The van der Waals surface area contributed by atoms with Crippen molar-refractivity contribution in [2.75, 3.05) is 33.4 Å². The second kappa shape index (κ2) is 6.20. The van der Waals surface area contributed by atoms with E-state index in [4.69, 9.17) is 9.47 Å². The second-order valence-electron chi connectivity index (χ2n) is 4.06. The Morgan fingerprint density at radius 3 is 3.11 bits per heavy atom. The van der Waals surface area contributed by atoms with E-state index >= 15 is 0 Å². The molecule has 1 N–H and O–H groups in total. The Morgan fingerprint density at radius 1 is 1.61 bits per heavy atom. The number of aromatic nitrogens is 1. The van der Waals surface area contributed by atoms with E-state index in [9.17, 15) is 4.79 Å². The number of urea groups is 1. The maximum absolute atomic E-state index is 11.6. The number of nitrogens with one attached hydrogen (secondary N) is 1. The van der Waals surface area contributed by atoms with Gasteiger partial charge in [0.25, 0.3) is 0 Å². The summed E-state index contributed by atoms with van der Waals surface area (Å²) in [5.41, 5.74) is 0. The maximum atomic E-state index is 11.6. The van der Waals surface area contributed by atoms with Crippen molar-refractivity contribution < 1.29 is 14.3 Å². The summed E-state index contributed by atoms with van der Waals surface area (Å²) < 4.78 is 10.5. The van der Waals surface area contributed by atoms with Gasteiger partial charge in [-0.15, -0.1) is 0 Å². The van der Waals surface area contributed by atoms with Crippen molar-refractivity contribution in [1.82, 2.24) is 15.2 Å². The summed E-state index contributed by atoms with van der Waals surface area (Å²) in [6, 6.07) is 3.61. The molecule has 0 atom stereocenters. The smallest absolute Gasteiger partial charge is 0.317 e. The number of carbonyl (C=O) groups excluding carboxylic acids is 1. The third-order valence-corrected chi connectivity index (χ3v) is 2.65. The zero-order valence-electron chi connectivity index (χ0n) is 10.3. The molecule has 1 aliphatic rings. The summed E-state index contributed by atoms with van der Waals surface area (Å²) in [5.74, 6) is 0.738.